The van der Waals surface area contributed by atoms with Crippen LogP contribution in [0.3, 0.4) is 0 Å². The molecule has 4 rings (SSSR count). The fraction of sp³-hybridized carbons (Fsp3) is 0.200. The highest BCUT2D eigenvalue weighted by molar-refractivity contribution is 7.16. The maximum Gasteiger partial charge on any atom is 0.359 e. The van der Waals surface area contributed by atoms with Crippen LogP contribution in [0.5, 0.6) is 11.5 Å². The standard InChI is InChI=1S/C25H23N3O6S/c1-5-34-25(31)21-17-13-35-23(26-22(29)15-8-11-18(32-3)19(12-15)33-4)20(17)24(30)28(27-21)16-9-6-14(2)7-10-16/h6-13H,5H2,1-4H3,(H,26,29). The number of hydrogen-bond acceptors (Lipinski definition) is 8. The maximum absolute atomic E-state index is 13.5. The highest BCUT2D eigenvalue weighted by atomic mass is 32.1. The van der Waals surface area contributed by atoms with E-state index in [1.54, 1.807) is 42.6 Å². The molecule has 35 heavy (non-hydrogen) atoms. The number of aryl methyl sites for hydroxylation is 1. The van der Waals surface area contributed by atoms with Crippen molar-refractivity contribution in [3.8, 4) is 17.2 Å². The van der Waals surface area contributed by atoms with Crippen molar-refractivity contribution < 1.29 is 23.8 Å². The van der Waals surface area contributed by atoms with E-state index in [-0.39, 0.29) is 17.7 Å². The summed E-state index contributed by atoms with van der Waals surface area (Å²) in [6, 6.07) is 11.9. The molecule has 180 valence electrons. The Bertz CT molecular complexity index is 1470. The number of ether oxygens (including phenoxy) is 3. The lowest BCUT2D eigenvalue weighted by atomic mass is 10.1. The van der Waals surface area contributed by atoms with Gasteiger partial charge in [-0.25, -0.2) is 4.79 Å². The average molecular weight is 494 g/mol. The number of anilines is 1. The number of carbonyl (C=O) groups is 2. The lowest BCUT2D eigenvalue weighted by molar-refractivity contribution is 0.0520. The Hall–Kier alpha value is -4.18. The predicted octanol–water partition coefficient (Wildman–Crippen LogP) is 4.20. The molecule has 1 amide bonds. The molecular formula is C25H23N3O6S. The molecule has 1 N–H and O–H groups in total. The van der Waals surface area contributed by atoms with Crippen molar-refractivity contribution >= 4 is 39.0 Å². The maximum atomic E-state index is 13.5. The molecule has 2 heterocycles. The van der Waals surface area contributed by atoms with Gasteiger partial charge in [0.2, 0.25) is 0 Å². The topological polar surface area (TPSA) is 109 Å². The minimum absolute atomic E-state index is 0.00936. The minimum atomic E-state index is -0.658. The Morgan fingerprint density at radius 1 is 1.06 bits per heavy atom. The first-order valence-electron chi connectivity index (χ1n) is 10.7. The number of nitrogens with one attached hydrogen (secondary N) is 1. The Morgan fingerprint density at radius 2 is 1.77 bits per heavy atom. The number of esters is 1. The van der Waals surface area contributed by atoms with E-state index in [1.165, 1.54) is 14.2 Å². The Morgan fingerprint density at radius 3 is 2.43 bits per heavy atom. The first-order chi connectivity index (χ1) is 16.9. The van der Waals surface area contributed by atoms with Gasteiger partial charge >= 0.3 is 5.97 Å². The molecule has 0 aliphatic rings. The number of hydrogen-bond donors (Lipinski definition) is 1. The number of fused-ring (bicyclic) bond motifs is 1. The van der Waals surface area contributed by atoms with Crippen LogP contribution in [0.25, 0.3) is 16.5 Å². The molecule has 10 heteroatoms. The van der Waals surface area contributed by atoms with E-state index in [0.717, 1.165) is 21.6 Å². The van der Waals surface area contributed by atoms with Gasteiger partial charge in [-0.1, -0.05) is 17.7 Å². The average Bonchev–Trinajstić information content (AvgIpc) is 3.28. The molecule has 4 aromatic rings. The van der Waals surface area contributed by atoms with Gasteiger partial charge in [0.1, 0.15) is 5.00 Å². The quantitative estimate of drug-likeness (QED) is 0.384. The minimum Gasteiger partial charge on any atom is -0.493 e. The second kappa shape index (κ2) is 9.98. The van der Waals surface area contributed by atoms with Crippen LogP contribution in [0.2, 0.25) is 0 Å². The SMILES string of the molecule is CCOC(=O)c1nn(-c2ccc(C)cc2)c(=O)c2c(NC(=O)c3ccc(OC)c(OC)c3)scc12. The molecule has 0 saturated heterocycles. The van der Waals surface area contributed by atoms with E-state index in [2.05, 4.69) is 10.4 Å². The fourth-order valence-electron chi connectivity index (χ4n) is 3.51. The van der Waals surface area contributed by atoms with Gasteiger partial charge in [0.05, 0.1) is 31.9 Å². The molecule has 0 saturated carbocycles. The molecule has 0 aliphatic heterocycles. The van der Waals surface area contributed by atoms with Gasteiger partial charge in [-0.3, -0.25) is 9.59 Å². The van der Waals surface area contributed by atoms with Gasteiger partial charge in [0.25, 0.3) is 11.5 Å². The Balaban J connectivity index is 1.83. The van der Waals surface area contributed by atoms with Gasteiger partial charge in [0.15, 0.2) is 17.2 Å². The van der Waals surface area contributed by atoms with Crippen molar-refractivity contribution in [2.75, 3.05) is 26.1 Å². The Kier molecular flexibility index (Phi) is 6.83. The van der Waals surface area contributed by atoms with Crippen LogP contribution >= 0.6 is 11.3 Å². The summed E-state index contributed by atoms with van der Waals surface area (Å²) >= 11 is 1.12. The molecule has 0 bridgehead atoms. The largest absolute Gasteiger partial charge is 0.493 e. The summed E-state index contributed by atoms with van der Waals surface area (Å²) in [5, 5.41) is 9.47. The van der Waals surface area contributed by atoms with Crippen molar-refractivity contribution in [1.82, 2.24) is 9.78 Å². The van der Waals surface area contributed by atoms with Gasteiger partial charge in [-0.05, 0) is 44.2 Å². The second-order valence-electron chi connectivity index (χ2n) is 7.50. The molecule has 0 spiro atoms. The van der Waals surface area contributed by atoms with Crippen molar-refractivity contribution in [3.63, 3.8) is 0 Å². The van der Waals surface area contributed by atoms with Crippen LogP contribution in [0.1, 0.15) is 33.3 Å². The molecule has 0 atom stereocenters. The van der Waals surface area contributed by atoms with Crippen molar-refractivity contribution in [2.45, 2.75) is 13.8 Å². The van der Waals surface area contributed by atoms with E-state index in [4.69, 9.17) is 14.2 Å². The van der Waals surface area contributed by atoms with Crippen molar-refractivity contribution in [3.05, 3.63) is 75.0 Å². The smallest absolute Gasteiger partial charge is 0.359 e. The van der Waals surface area contributed by atoms with Crippen LogP contribution in [-0.4, -0.2) is 42.5 Å². The number of rotatable bonds is 7. The predicted molar refractivity (Wildman–Crippen MR) is 133 cm³/mol. The summed E-state index contributed by atoms with van der Waals surface area (Å²) in [4.78, 5) is 39.2. The third-order valence-electron chi connectivity index (χ3n) is 5.27. The van der Waals surface area contributed by atoms with Crippen LogP contribution in [-0.2, 0) is 4.74 Å². The lowest BCUT2D eigenvalue weighted by Gasteiger charge is -2.11. The summed E-state index contributed by atoms with van der Waals surface area (Å²) in [5.41, 5.74) is 1.32. The first-order valence-corrected chi connectivity index (χ1v) is 11.6. The monoisotopic (exact) mass is 493 g/mol. The number of methoxy groups -OCH3 is 2. The summed E-state index contributed by atoms with van der Waals surface area (Å²) in [7, 11) is 2.98. The number of thiophene rings is 1. The molecule has 0 aliphatic carbocycles. The van der Waals surface area contributed by atoms with Crippen LogP contribution < -0.4 is 20.3 Å². The molecule has 2 aromatic heterocycles. The number of carbonyl (C=O) groups excluding carboxylic acids is 2. The summed E-state index contributed by atoms with van der Waals surface area (Å²) < 4.78 is 16.8. The second-order valence-corrected chi connectivity index (χ2v) is 8.38. The van der Waals surface area contributed by atoms with E-state index in [1.807, 2.05) is 19.1 Å². The van der Waals surface area contributed by atoms with Gasteiger partial charge in [-0.15, -0.1) is 11.3 Å². The highest BCUT2D eigenvalue weighted by Crippen LogP contribution is 2.32. The fourth-order valence-corrected chi connectivity index (χ4v) is 4.44. The number of aromatic nitrogens is 2. The zero-order chi connectivity index (χ0) is 25.1. The molecule has 9 nitrogen and oxygen atoms in total. The first kappa shape index (κ1) is 24.0. The molecule has 2 aromatic carbocycles. The highest BCUT2D eigenvalue weighted by Gasteiger charge is 2.23. The van der Waals surface area contributed by atoms with E-state index in [0.29, 0.717) is 33.1 Å². The molecular weight excluding hydrogens is 470 g/mol. The van der Waals surface area contributed by atoms with E-state index in [9.17, 15) is 14.4 Å². The third-order valence-corrected chi connectivity index (χ3v) is 6.17. The van der Waals surface area contributed by atoms with E-state index < -0.39 is 17.4 Å². The summed E-state index contributed by atoms with van der Waals surface area (Å²) in [5.74, 6) is -0.233. The third kappa shape index (κ3) is 4.60. The van der Waals surface area contributed by atoms with Crippen molar-refractivity contribution in [2.24, 2.45) is 0 Å². The Labute approximate surface area is 204 Å². The van der Waals surface area contributed by atoms with Gasteiger partial charge in [0, 0.05) is 16.3 Å². The van der Waals surface area contributed by atoms with E-state index >= 15 is 0 Å². The number of nitrogens with zero attached hydrogens (tertiary/aromatic N) is 2. The molecule has 0 radical (unpaired) electrons. The zero-order valence-corrected chi connectivity index (χ0v) is 20.4. The van der Waals surface area contributed by atoms with Crippen LogP contribution in [0.4, 0.5) is 5.00 Å². The van der Waals surface area contributed by atoms with Gasteiger partial charge < -0.3 is 19.5 Å². The van der Waals surface area contributed by atoms with Gasteiger partial charge in [-0.2, -0.15) is 9.78 Å². The summed E-state index contributed by atoms with van der Waals surface area (Å²) in [6.45, 7) is 3.76. The number of benzene rings is 2. The molecule has 0 unspecified atom stereocenters. The van der Waals surface area contributed by atoms with Crippen LogP contribution in [0.15, 0.2) is 52.6 Å². The normalized spacial score (nSPS) is 10.7. The molecule has 0 fully saturated rings. The summed E-state index contributed by atoms with van der Waals surface area (Å²) in [6.07, 6.45) is 0. The zero-order valence-electron chi connectivity index (χ0n) is 19.6. The van der Waals surface area contributed by atoms with Crippen LogP contribution in [0, 0.1) is 6.92 Å². The lowest BCUT2D eigenvalue weighted by Crippen LogP contribution is -2.25. The van der Waals surface area contributed by atoms with Crippen molar-refractivity contribution in [1.29, 1.82) is 0 Å². The number of amides is 1.